The Morgan fingerprint density at radius 3 is 3.00 bits per heavy atom. The van der Waals surface area contributed by atoms with E-state index in [1.54, 1.807) is 30.6 Å². The molecule has 0 unspecified atom stereocenters. The van der Waals surface area contributed by atoms with Gasteiger partial charge in [0.2, 0.25) is 10.0 Å². The van der Waals surface area contributed by atoms with E-state index in [0.717, 1.165) is 35.3 Å². The van der Waals surface area contributed by atoms with Gasteiger partial charge in [-0.1, -0.05) is 0 Å². The van der Waals surface area contributed by atoms with Gasteiger partial charge in [-0.3, -0.25) is 4.98 Å². The Bertz CT molecular complexity index is 788. The molecule has 2 heterocycles. The minimum Gasteiger partial charge on any atom is -0.493 e. The third-order valence-electron chi connectivity index (χ3n) is 3.78. The fourth-order valence-electron chi connectivity index (χ4n) is 2.46. The highest BCUT2D eigenvalue weighted by molar-refractivity contribution is 7.89. The number of benzene rings is 1. The molecule has 0 bridgehead atoms. The summed E-state index contributed by atoms with van der Waals surface area (Å²) in [7, 11) is -3.53. The molecule has 22 heavy (non-hydrogen) atoms. The summed E-state index contributed by atoms with van der Waals surface area (Å²) in [5.74, 6) is 0.787. The number of ether oxygens (including phenoxy) is 1. The summed E-state index contributed by atoms with van der Waals surface area (Å²) in [6, 6.07) is 6.85. The van der Waals surface area contributed by atoms with Crippen molar-refractivity contribution >= 4 is 10.0 Å². The van der Waals surface area contributed by atoms with E-state index in [4.69, 9.17) is 4.74 Å². The number of sulfonamides is 1. The Morgan fingerprint density at radius 1 is 1.32 bits per heavy atom. The van der Waals surface area contributed by atoms with Crippen LogP contribution in [0.15, 0.2) is 41.6 Å². The fourth-order valence-corrected chi connectivity index (χ4v) is 3.52. The monoisotopic (exact) mass is 318 g/mol. The molecule has 0 amide bonds. The zero-order valence-electron chi connectivity index (χ0n) is 12.4. The van der Waals surface area contributed by atoms with Gasteiger partial charge in [0.25, 0.3) is 0 Å². The smallest absolute Gasteiger partial charge is 0.240 e. The Kier molecular flexibility index (Phi) is 4.13. The molecule has 1 aromatic carbocycles. The lowest BCUT2D eigenvalue weighted by Crippen LogP contribution is -2.24. The number of nitrogens with zero attached hydrogens (tertiary/aromatic N) is 1. The number of hydrogen-bond donors (Lipinski definition) is 1. The highest BCUT2D eigenvalue weighted by Crippen LogP contribution is 2.27. The van der Waals surface area contributed by atoms with Gasteiger partial charge in [-0.2, -0.15) is 0 Å². The van der Waals surface area contributed by atoms with Crippen LogP contribution in [0.3, 0.4) is 0 Å². The summed E-state index contributed by atoms with van der Waals surface area (Å²) in [4.78, 5) is 4.29. The van der Waals surface area contributed by atoms with Crippen LogP contribution in [0.2, 0.25) is 0 Å². The Balaban J connectivity index is 1.80. The Hall–Kier alpha value is -1.92. The van der Waals surface area contributed by atoms with Crippen LogP contribution in [0, 0.1) is 6.92 Å². The largest absolute Gasteiger partial charge is 0.493 e. The maximum Gasteiger partial charge on any atom is 0.240 e. The van der Waals surface area contributed by atoms with E-state index in [-0.39, 0.29) is 11.4 Å². The van der Waals surface area contributed by atoms with Gasteiger partial charge in [0.1, 0.15) is 5.75 Å². The maximum absolute atomic E-state index is 12.4. The van der Waals surface area contributed by atoms with E-state index in [0.29, 0.717) is 6.61 Å². The van der Waals surface area contributed by atoms with Gasteiger partial charge in [-0.05, 0) is 60.7 Å². The van der Waals surface area contributed by atoms with Gasteiger partial charge < -0.3 is 4.74 Å². The second-order valence-electron chi connectivity index (χ2n) is 5.35. The van der Waals surface area contributed by atoms with Crippen LogP contribution in [0.4, 0.5) is 0 Å². The SMILES string of the molecule is Cc1cnccc1CNS(=O)(=O)c1ccc2c(c1)CCCO2. The first-order valence-electron chi connectivity index (χ1n) is 7.21. The van der Waals surface area contributed by atoms with Crippen LogP contribution in [-0.2, 0) is 23.0 Å². The topological polar surface area (TPSA) is 68.3 Å². The number of aryl methyl sites for hydroxylation is 2. The molecule has 0 saturated carbocycles. The summed E-state index contributed by atoms with van der Waals surface area (Å²) in [5, 5.41) is 0. The Labute approximate surface area is 130 Å². The van der Waals surface area contributed by atoms with Gasteiger partial charge in [0.05, 0.1) is 11.5 Å². The van der Waals surface area contributed by atoms with Crippen LogP contribution in [-0.4, -0.2) is 20.0 Å². The number of nitrogens with one attached hydrogen (secondary N) is 1. The standard InChI is InChI=1S/C16H18N2O3S/c1-12-10-17-7-6-14(12)11-18-22(19,20)15-4-5-16-13(9-15)3-2-8-21-16/h4-7,9-10,18H,2-3,8,11H2,1H3. The van der Waals surface area contributed by atoms with E-state index in [1.807, 2.05) is 13.0 Å². The third-order valence-corrected chi connectivity index (χ3v) is 5.18. The number of hydrogen-bond acceptors (Lipinski definition) is 4. The molecule has 1 aromatic heterocycles. The predicted octanol–water partition coefficient (Wildman–Crippen LogP) is 2.19. The molecular weight excluding hydrogens is 300 g/mol. The van der Waals surface area contributed by atoms with Crippen molar-refractivity contribution in [2.24, 2.45) is 0 Å². The number of aromatic nitrogens is 1. The van der Waals surface area contributed by atoms with Crippen molar-refractivity contribution in [3.8, 4) is 5.75 Å². The molecule has 0 fully saturated rings. The number of fused-ring (bicyclic) bond motifs is 1. The van der Waals surface area contributed by atoms with E-state index >= 15 is 0 Å². The third kappa shape index (κ3) is 3.13. The zero-order valence-corrected chi connectivity index (χ0v) is 13.2. The molecule has 5 nitrogen and oxygen atoms in total. The molecule has 1 N–H and O–H groups in total. The summed E-state index contributed by atoms with van der Waals surface area (Å²) in [6.45, 7) is 2.86. The molecule has 0 atom stereocenters. The van der Waals surface area contributed by atoms with E-state index in [1.165, 1.54) is 0 Å². The second-order valence-corrected chi connectivity index (χ2v) is 7.12. The zero-order chi connectivity index (χ0) is 15.6. The van der Waals surface area contributed by atoms with Gasteiger partial charge >= 0.3 is 0 Å². The van der Waals surface area contributed by atoms with E-state index < -0.39 is 10.0 Å². The first-order valence-corrected chi connectivity index (χ1v) is 8.69. The van der Waals surface area contributed by atoms with Crippen molar-refractivity contribution in [3.05, 3.63) is 53.3 Å². The minimum atomic E-state index is -3.53. The first kappa shape index (κ1) is 15.0. The predicted molar refractivity (Wildman–Crippen MR) is 83.3 cm³/mol. The van der Waals surface area contributed by atoms with Crippen molar-refractivity contribution in [2.75, 3.05) is 6.61 Å². The number of rotatable bonds is 4. The molecule has 0 spiro atoms. The normalized spacial score (nSPS) is 14.2. The maximum atomic E-state index is 12.4. The molecule has 2 aromatic rings. The first-order chi connectivity index (χ1) is 10.6. The van der Waals surface area contributed by atoms with E-state index in [2.05, 4.69) is 9.71 Å². The second kappa shape index (κ2) is 6.06. The minimum absolute atomic E-state index is 0.254. The summed E-state index contributed by atoms with van der Waals surface area (Å²) in [5.41, 5.74) is 2.83. The molecule has 0 radical (unpaired) electrons. The highest BCUT2D eigenvalue weighted by atomic mass is 32.2. The molecule has 6 heteroatoms. The van der Waals surface area contributed by atoms with Crippen LogP contribution < -0.4 is 9.46 Å². The van der Waals surface area contributed by atoms with Crippen LogP contribution >= 0.6 is 0 Å². The van der Waals surface area contributed by atoms with Crippen LogP contribution in [0.1, 0.15) is 23.1 Å². The lowest BCUT2D eigenvalue weighted by Gasteiger charge is -2.18. The molecule has 0 saturated heterocycles. The Morgan fingerprint density at radius 2 is 2.18 bits per heavy atom. The van der Waals surface area contributed by atoms with Crippen molar-refractivity contribution in [1.82, 2.24) is 9.71 Å². The lowest BCUT2D eigenvalue weighted by atomic mass is 10.1. The fraction of sp³-hybridized carbons (Fsp3) is 0.312. The van der Waals surface area contributed by atoms with Gasteiger partial charge in [0, 0.05) is 18.9 Å². The highest BCUT2D eigenvalue weighted by Gasteiger charge is 2.18. The number of pyridine rings is 1. The van der Waals surface area contributed by atoms with Crippen molar-refractivity contribution < 1.29 is 13.2 Å². The van der Waals surface area contributed by atoms with Crippen molar-refractivity contribution in [1.29, 1.82) is 0 Å². The van der Waals surface area contributed by atoms with Gasteiger partial charge in [0.15, 0.2) is 0 Å². The molecule has 3 rings (SSSR count). The molecule has 116 valence electrons. The molecular formula is C16H18N2O3S. The average Bonchev–Trinajstić information content (AvgIpc) is 2.54. The van der Waals surface area contributed by atoms with Crippen molar-refractivity contribution in [2.45, 2.75) is 31.2 Å². The molecule has 1 aliphatic rings. The van der Waals surface area contributed by atoms with Crippen LogP contribution in [0.5, 0.6) is 5.75 Å². The lowest BCUT2D eigenvalue weighted by molar-refractivity contribution is 0.288. The van der Waals surface area contributed by atoms with E-state index in [9.17, 15) is 8.42 Å². The molecule has 1 aliphatic heterocycles. The summed E-state index contributed by atoms with van der Waals surface area (Å²) >= 11 is 0. The average molecular weight is 318 g/mol. The van der Waals surface area contributed by atoms with Gasteiger partial charge in [-0.15, -0.1) is 0 Å². The summed E-state index contributed by atoms with van der Waals surface area (Å²) in [6.07, 6.45) is 5.15. The van der Waals surface area contributed by atoms with Crippen LogP contribution in [0.25, 0.3) is 0 Å². The van der Waals surface area contributed by atoms with Gasteiger partial charge in [-0.25, -0.2) is 13.1 Å². The molecule has 0 aliphatic carbocycles. The summed E-state index contributed by atoms with van der Waals surface area (Å²) < 4.78 is 33.0. The van der Waals surface area contributed by atoms with Crippen molar-refractivity contribution in [3.63, 3.8) is 0 Å². The quantitative estimate of drug-likeness (QED) is 0.938.